The zero-order chi connectivity index (χ0) is 19.2. The molecule has 2 N–H and O–H groups in total. The smallest absolute Gasteiger partial charge is 0.328 e. The van der Waals surface area contributed by atoms with Gasteiger partial charge in [0.25, 0.3) is 5.56 Å². The fourth-order valence-electron chi connectivity index (χ4n) is 2.91. The van der Waals surface area contributed by atoms with Crippen LogP contribution in [-0.4, -0.2) is 22.0 Å². The van der Waals surface area contributed by atoms with Gasteiger partial charge in [-0.1, -0.05) is 41.9 Å². The summed E-state index contributed by atoms with van der Waals surface area (Å²) < 4.78 is 1.12. The molecule has 3 rings (SSSR count). The van der Waals surface area contributed by atoms with Crippen molar-refractivity contribution in [2.75, 3.05) is 6.54 Å². The van der Waals surface area contributed by atoms with Gasteiger partial charge in [0.15, 0.2) is 0 Å². The van der Waals surface area contributed by atoms with E-state index in [2.05, 4.69) is 10.3 Å². The summed E-state index contributed by atoms with van der Waals surface area (Å²) in [6.07, 6.45) is 1.41. The molecule has 3 aromatic rings. The molecule has 140 valence electrons. The molecule has 0 aliphatic rings. The lowest BCUT2D eigenvalue weighted by Crippen LogP contribution is -2.35. The lowest BCUT2D eigenvalue weighted by molar-refractivity contribution is -0.121. The number of benzene rings is 2. The van der Waals surface area contributed by atoms with Gasteiger partial charge in [-0.2, -0.15) is 0 Å². The normalized spacial score (nSPS) is 10.9. The minimum Gasteiger partial charge on any atom is -0.356 e. The molecule has 1 amide bonds. The van der Waals surface area contributed by atoms with Crippen LogP contribution in [0.3, 0.4) is 0 Å². The molecule has 7 heteroatoms. The van der Waals surface area contributed by atoms with Gasteiger partial charge in [0.2, 0.25) is 5.91 Å². The molecule has 0 saturated carbocycles. The molecule has 1 aromatic heterocycles. The maximum Gasteiger partial charge on any atom is 0.328 e. The second-order valence-electron chi connectivity index (χ2n) is 6.27. The number of nitrogens with one attached hydrogen (secondary N) is 2. The number of H-pyrrole nitrogens is 1. The summed E-state index contributed by atoms with van der Waals surface area (Å²) in [6.45, 7) is 0.735. The Morgan fingerprint density at radius 3 is 2.67 bits per heavy atom. The highest BCUT2D eigenvalue weighted by Crippen LogP contribution is 2.13. The van der Waals surface area contributed by atoms with Crippen LogP contribution in [-0.2, 0) is 17.8 Å². The van der Waals surface area contributed by atoms with Gasteiger partial charge in [-0.25, -0.2) is 4.79 Å². The largest absolute Gasteiger partial charge is 0.356 e. The zero-order valence-corrected chi connectivity index (χ0v) is 15.5. The molecule has 27 heavy (non-hydrogen) atoms. The minimum absolute atomic E-state index is 0.0945. The summed E-state index contributed by atoms with van der Waals surface area (Å²) >= 11 is 5.89. The van der Waals surface area contributed by atoms with Crippen LogP contribution in [0.5, 0.6) is 0 Å². The summed E-state index contributed by atoms with van der Waals surface area (Å²) in [4.78, 5) is 39.2. The third-order valence-electron chi connectivity index (χ3n) is 4.31. The fraction of sp³-hybridized carbons (Fsp3) is 0.250. The van der Waals surface area contributed by atoms with E-state index in [-0.39, 0.29) is 24.4 Å². The average Bonchev–Trinajstić information content (AvgIpc) is 2.65. The van der Waals surface area contributed by atoms with Gasteiger partial charge >= 0.3 is 5.69 Å². The van der Waals surface area contributed by atoms with E-state index in [1.807, 2.05) is 30.3 Å². The van der Waals surface area contributed by atoms with Crippen molar-refractivity contribution in [1.29, 1.82) is 0 Å². The number of carbonyl (C=O) groups excluding carboxylic acids is 1. The number of hydrogen-bond donors (Lipinski definition) is 2. The Labute approximate surface area is 160 Å². The molecule has 1 heterocycles. The number of hydrogen-bond acceptors (Lipinski definition) is 3. The molecule has 0 atom stereocenters. The predicted molar refractivity (Wildman–Crippen MR) is 106 cm³/mol. The summed E-state index contributed by atoms with van der Waals surface area (Å²) in [5.41, 5.74) is 0.689. The molecule has 0 aliphatic heterocycles. The summed E-state index contributed by atoms with van der Waals surface area (Å²) in [6, 6.07) is 14.6. The number of rotatable bonds is 7. The van der Waals surface area contributed by atoms with Crippen molar-refractivity contribution in [2.24, 2.45) is 0 Å². The highest BCUT2D eigenvalue weighted by Gasteiger charge is 2.09. The van der Waals surface area contributed by atoms with Gasteiger partial charge < -0.3 is 10.3 Å². The van der Waals surface area contributed by atoms with Crippen LogP contribution in [0.2, 0.25) is 5.02 Å². The van der Waals surface area contributed by atoms with Crippen molar-refractivity contribution < 1.29 is 4.79 Å². The number of aromatic amines is 1. The van der Waals surface area contributed by atoms with E-state index in [9.17, 15) is 14.4 Å². The first-order chi connectivity index (χ1) is 13.0. The summed E-state index contributed by atoms with van der Waals surface area (Å²) in [5.74, 6) is -0.0945. The first-order valence-electron chi connectivity index (χ1n) is 8.77. The molecule has 2 aromatic carbocycles. The van der Waals surface area contributed by atoms with E-state index in [4.69, 9.17) is 11.6 Å². The standard InChI is InChI=1S/C20H20ClN3O3/c21-15-8-9-16-17(13-15)23-20(27)24(19(16)26)12-4-7-18(25)22-11-10-14-5-2-1-3-6-14/h1-3,5-6,8-9,13H,4,7,10-12H2,(H,22,25)(H,23,27). The number of nitrogens with zero attached hydrogens (tertiary/aromatic N) is 1. The molecular weight excluding hydrogens is 366 g/mol. The molecule has 0 spiro atoms. The second-order valence-corrected chi connectivity index (χ2v) is 6.70. The maximum absolute atomic E-state index is 12.5. The van der Waals surface area contributed by atoms with E-state index in [0.29, 0.717) is 28.9 Å². The van der Waals surface area contributed by atoms with Crippen LogP contribution in [0.1, 0.15) is 18.4 Å². The topological polar surface area (TPSA) is 84.0 Å². The number of amides is 1. The Hall–Kier alpha value is -2.86. The Balaban J connectivity index is 1.54. The van der Waals surface area contributed by atoms with Crippen LogP contribution in [0.25, 0.3) is 10.9 Å². The van der Waals surface area contributed by atoms with Crippen molar-refractivity contribution >= 4 is 28.4 Å². The maximum atomic E-state index is 12.5. The SMILES string of the molecule is O=C(CCCn1c(=O)[nH]c2cc(Cl)ccc2c1=O)NCCc1ccccc1. The molecule has 0 saturated heterocycles. The summed E-state index contributed by atoms with van der Waals surface area (Å²) in [5, 5.41) is 3.70. The van der Waals surface area contributed by atoms with E-state index in [1.165, 1.54) is 0 Å². The van der Waals surface area contributed by atoms with Gasteiger partial charge in [-0.15, -0.1) is 0 Å². The first kappa shape index (κ1) is 18.9. The van der Waals surface area contributed by atoms with Gasteiger partial charge in [0.1, 0.15) is 0 Å². The van der Waals surface area contributed by atoms with Gasteiger partial charge in [0, 0.05) is 24.5 Å². The Bertz CT molecular complexity index is 1060. The summed E-state index contributed by atoms with van der Waals surface area (Å²) in [7, 11) is 0. The lowest BCUT2D eigenvalue weighted by Gasteiger charge is -2.08. The van der Waals surface area contributed by atoms with Gasteiger partial charge in [0.05, 0.1) is 10.9 Å². The molecule has 0 fully saturated rings. The highest BCUT2D eigenvalue weighted by molar-refractivity contribution is 6.31. The molecule has 0 aliphatic carbocycles. The number of aromatic nitrogens is 2. The van der Waals surface area contributed by atoms with Crippen LogP contribution in [0, 0.1) is 0 Å². The Morgan fingerprint density at radius 1 is 1.11 bits per heavy atom. The van der Waals surface area contributed by atoms with Crippen molar-refractivity contribution in [3.8, 4) is 0 Å². The van der Waals surface area contributed by atoms with Crippen molar-refractivity contribution in [3.63, 3.8) is 0 Å². The Morgan fingerprint density at radius 2 is 1.89 bits per heavy atom. The van der Waals surface area contributed by atoms with E-state index in [1.54, 1.807) is 18.2 Å². The molecule has 6 nitrogen and oxygen atoms in total. The van der Waals surface area contributed by atoms with E-state index < -0.39 is 5.69 Å². The van der Waals surface area contributed by atoms with Gasteiger partial charge in [-0.05, 0) is 36.6 Å². The third-order valence-corrected chi connectivity index (χ3v) is 4.54. The van der Waals surface area contributed by atoms with Crippen LogP contribution in [0.15, 0.2) is 58.1 Å². The number of fused-ring (bicyclic) bond motifs is 1. The highest BCUT2D eigenvalue weighted by atomic mass is 35.5. The van der Waals surface area contributed by atoms with Crippen LogP contribution >= 0.6 is 11.6 Å². The number of halogens is 1. The quantitative estimate of drug-likeness (QED) is 0.655. The second kappa shape index (κ2) is 8.68. The van der Waals surface area contributed by atoms with E-state index in [0.717, 1.165) is 16.6 Å². The van der Waals surface area contributed by atoms with Crippen molar-refractivity contribution in [2.45, 2.75) is 25.8 Å². The first-order valence-corrected chi connectivity index (χ1v) is 9.15. The van der Waals surface area contributed by atoms with Crippen molar-refractivity contribution in [1.82, 2.24) is 14.9 Å². The van der Waals surface area contributed by atoms with Crippen LogP contribution < -0.4 is 16.6 Å². The van der Waals surface area contributed by atoms with Gasteiger partial charge in [-0.3, -0.25) is 14.2 Å². The molecule has 0 radical (unpaired) electrons. The van der Waals surface area contributed by atoms with Crippen molar-refractivity contribution in [3.05, 3.63) is 80.0 Å². The predicted octanol–water partition coefficient (Wildman–Crippen LogP) is 2.48. The fourth-order valence-corrected chi connectivity index (χ4v) is 3.08. The lowest BCUT2D eigenvalue weighted by atomic mass is 10.1. The minimum atomic E-state index is -0.501. The van der Waals surface area contributed by atoms with Crippen LogP contribution in [0.4, 0.5) is 0 Å². The Kier molecular flexibility index (Phi) is 6.08. The zero-order valence-electron chi connectivity index (χ0n) is 14.7. The monoisotopic (exact) mass is 385 g/mol. The molecular formula is C20H20ClN3O3. The molecule has 0 unspecified atom stereocenters. The third kappa shape index (κ3) is 4.86. The van der Waals surface area contributed by atoms with E-state index >= 15 is 0 Å². The molecule has 0 bridgehead atoms. The number of carbonyl (C=O) groups is 1. The average molecular weight is 386 g/mol.